The third kappa shape index (κ3) is 3.93. The van der Waals surface area contributed by atoms with Crippen LogP contribution in [-0.2, 0) is 11.3 Å². The number of hydrogen-bond donors (Lipinski definition) is 1. The molecule has 2 aliphatic rings. The first-order chi connectivity index (χ1) is 12.6. The summed E-state index contributed by atoms with van der Waals surface area (Å²) in [5, 5.41) is 3.47. The second-order valence-electron chi connectivity index (χ2n) is 7.42. The molecule has 1 aromatic heterocycles. The van der Waals surface area contributed by atoms with Gasteiger partial charge in [0.2, 0.25) is 5.91 Å². The van der Waals surface area contributed by atoms with E-state index in [-0.39, 0.29) is 17.3 Å². The van der Waals surface area contributed by atoms with Crippen molar-refractivity contribution in [3.05, 3.63) is 40.7 Å². The SMILES string of the molecule is O=C(CN1CCC(Cn2cnc3cc(F)ccc3c2=O)CC1)NC1CC1. The van der Waals surface area contributed by atoms with Gasteiger partial charge in [-0.25, -0.2) is 9.37 Å². The topological polar surface area (TPSA) is 67.2 Å². The zero-order valence-electron chi connectivity index (χ0n) is 14.7. The molecule has 26 heavy (non-hydrogen) atoms. The maximum absolute atomic E-state index is 13.3. The smallest absolute Gasteiger partial charge is 0.261 e. The molecule has 2 aromatic rings. The molecular formula is C19H23FN4O2. The minimum Gasteiger partial charge on any atom is -0.352 e. The van der Waals surface area contributed by atoms with Crippen LogP contribution >= 0.6 is 0 Å². The highest BCUT2D eigenvalue weighted by molar-refractivity contribution is 5.78. The first-order valence-electron chi connectivity index (χ1n) is 9.25. The Labute approximate surface area is 151 Å². The van der Waals surface area contributed by atoms with Gasteiger partial charge in [0, 0.05) is 18.7 Å². The summed E-state index contributed by atoms with van der Waals surface area (Å²) < 4.78 is 14.9. The fourth-order valence-corrected chi connectivity index (χ4v) is 3.57. The van der Waals surface area contributed by atoms with E-state index in [0.29, 0.717) is 36.0 Å². The predicted molar refractivity (Wildman–Crippen MR) is 96.3 cm³/mol. The van der Waals surface area contributed by atoms with E-state index in [4.69, 9.17) is 0 Å². The van der Waals surface area contributed by atoms with Crippen molar-refractivity contribution < 1.29 is 9.18 Å². The molecule has 1 aromatic carbocycles. The number of carbonyl (C=O) groups excluding carboxylic acids is 1. The van der Waals surface area contributed by atoms with Gasteiger partial charge in [-0.3, -0.25) is 19.1 Å². The lowest BCUT2D eigenvalue weighted by molar-refractivity contribution is -0.122. The van der Waals surface area contributed by atoms with Gasteiger partial charge >= 0.3 is 0 Å². The van der Waals surface area contributed by atoms with Crippen LogP contribution in [0, 0.1) is 11.7 Å². The highest BCUT2D eigenvalue weighted by Gasteiger charge is 2.26. The maximum atomic E-state index is 13.3. The van der Waals surface area contributed by atoms with Gasteiger partial charge in [0.05, 0.1) is 23.8 Å². The minimum absolute atomic E-state index is 0.119. The lowest BCUT2D eigenvalue weighted by Gasteiger charge is -2.31. The standard InChI is InChI=1S/C19H23FN4O2/c20-14-1-4-16-17(9-14)21-12-24(19(16)26)10-13-5-7-23(8-6-13)11-18(25)22-15-2-3-15/h1,4,9,12-13,15H,2-3,5-8,10-11H2,(H,22,25). The normalized spacial score (nSPS) is 19.0. The molecule has 1 saturated carbocycles. The fraction of sp³-hybridized carbons (Fsp3) is 0.526. The molecule has 0 radical (unpaired) electrons. The van der Waals surface area contributed by atoms with Gasteiger partial charge in [-0.1, -0.05) is 0 Å². The van der Waals surface area contributed by atoms with Crippen LogP contribution in [0.4, 0.5) is 4.39 Å². The average Bonchev–Trinajstić information content (AvgIpc) is 3.43. The first-order valence-corrected chi connectivity index (χ1v) is 9.25. The number of nitrogens with one attached hydrogen (secondary N) is 1. The van der Waals surface area contributed by atoms with E-state index in [2.05, 4.69) is 15.2 Å². The molecule has 1 aliphatic heterocycles. The lowest BCUT2D eigenvalue weighted by atomic mass is 9.96. The third-order valence-corrected chi connectivity index (χ3v) is 5.26. The van der Waals surface area contributed by atoms with Crippen LogP contribution in [0.15, 0.2) is 29.3 Å². The van der Waals surface area contributed by atoms with Crippen LogP contribution in [-0.4, -0.2) is 46.0 Å². The summed E-state index contributed by atoms with van der Waals surface area (Å²) in [6.07, 6.45) is 5.62. The van der Waals surface area contributed by atoms with Gasteiger partial charge in [-0.05, 0) is 56.8 Å². The second-order valence-corrected chi connectivity index (χ2v) is 7.42. The van der Waals surface area contributed by atoms with E-state index >= 15 is 0 Å². The number of fused-ring (bicyclic) bond motifs is 1. The summed E-state index contributed by atoms with van der Waals surface area (Å²) in [4.78, 5) is 30.9. The van der Waals surface area contributed by atoms with Crippen molar-refractivity contribution in [1.82, 2.24) is 19.8 Å². The lowest BCUT2D eigenvalue weighted by Crippen LogP contribution is -2.42. The van der Waals surface area contributed by atoms with E-state index in [1.54, 1.807) is 4.57 Å². The van der Waals surface area contributed by atoms with E-state index < -0.39 is 0 Å². The minimum atomic E-state index is -0.389. The summed E-state index contributed by atoms with van der Waals surface area (Å²) in [5.41, 5.74) is 0.268. The maximum Gasteiger partial charge on any atom is 0.261 e. The number of hydrogen-bond acceptors (Lipinski definition) is 4. The number of rotatable bonds is 5. The molecule has 4 rings (SSSR count). The largest absolute Gasteiger partial charge is 0.352 e. The molecule has 138 valence electrons. The van der Waals surface area contributed by atoms with Crippen LogP contribution in [0.3, 0.4) is 0 Å². The number of amides is 1. The number of likely N-dealkylation sites (tertiary alicyclic amines) is 1. The first kappa shape index (κ1) is 17.1. The molecule has 1 N–H and O–H groups in total. The van der Waals surface area contributed by atoms with Crippen molar-refractivity contribution in [3.63, 3.8) is 0 Å². The Morgan fingerprint density at radius 3 is 2.73 bits per heavy atom. The van der Waals surface area contributed by atoms with Crippen molar-refractivity contribution in [1.29, 1.82) is 0 Å². The van der Waals surface area contributed by atoms with Crippen molar-refractivity contribution in [3.8, 4) is 0 Å². The molecule has 0 spiro atoms. The Bertz CT molecular complexity index is 869. The Kier molecular flexibility index (Phi) is 4.72. The van der Waals surface area contributed by atoms with Gasteiger partial charge in [0.15, 0.2) is 0 Å². The van der Waals surface area contributed by atoms with Crippen LogP contribution in [0.1, 0.15) is 25.7 Å². The molecule has 1 amide bonds. The predicted octanol–water partition coefficient (Wildman–Crippen LogP) is 1.53. The van der Waals surface area contributed by atoms with Crippen LogP contribution in [0.25, 0.3) is 10.9 Å². The van der Waals surface area contributed by atoms with Crippen LogP contribution in [0.5, 0.6) is 0 Å². The molecule has 1 aliphatic carbocycles. The van der Waals surface area contributed by atoms with Gasteiger partial charge < -0.3 is 5.32 Å². The summed E-state index contributed by atoms with van der Waals surface area (Å²) in [5.74, 6) is 0.114. The van der Waals surface area contributed by atoms with Crippen LogP contribution in [0.2, 0.25) is 0 Å². The summed E-state index contributed by atoms with van der Waals surface area (Å²) in [6, 6.07) is 4.48. The molecule has 0 bridgehead atoms. The summed E-state index contributed by atoms with van der Waals surface area (Å²) >= 11 is 0. The van der Waals surface area contributed by atoms with Crippen molar-refractivity contribution in [2.24, 2.45) is 5.92 Å². The highest BCUT2D eigenvalue weighted by atomic mass is 19.1. The molecule has 2 fully saturated rings. The van der Waals surface area contributed by atoms with Crippen molar-refractivity contribution >= 4 is 16.8 Å². The van der Waals surface area contributed by atoms with E-state index in [1.165, 1.54) is 24.5 Å². The number of carbonyl (C=O) groups is 1. The Morgan fingerprint density at radius 1 is 1.23 bits per heavy atom. The molecular weight excluding hydrogens is 335 g/mol. The molecule has 0 unspecified atom stereocenters. The number of nitrogens with zero attached hydrogens (tertiary/aromatic N) is 3. The highest BCUT2D eigenvalue weighted by Crippen LogP contribution is 2.20. The third-order valence-electron chi connectivity index (χ3n) is 5.26. The number of aromatic nitrogens is 2. The molecule has 1 saturated heterocycles. The fourth-order valence-electron chi connectivity index (χ4n) is 3.57. The van der Waals surface area contributed by atoms with E-state index in [0.717, 1.165) is 38.8 Å². The Morgan fingerprint density at radius 2 is 2.00 bits per heavy atom. The number of piperidine rings is 1. The Balaban J connectivity index is 1.34. The molecule has 7 heteroatoms. The molecule has 6 nitrogen and oxygen atoms in total. The Hall–Kier alpha value is -2.28. The van der Waals surface area contributed by atoms with Gasteiger partial charge in [0.25, 0.3) is 5.56 Å². The second kappa shape index (κ2) is 7.15. The number of halogens is 1. The monoisotopic (exact) mass is 358 g/mol. The molecule has 0 atom stereocenters. The van der Waals surface area contributed by atoms with E-state index in [1.807, 2.05) is 0 Å². The summed E-state index contributed by atoms with van der Waals surface area (Å²) in [6.45, 7) is 2.81. The summed E-state index contributed by atoms with van der Waals surface area (Å²) in [7, 11) is 0. The van der Waals surface area contributed by atoms with Crippen molar-refractivity contribution in [2.75, 3.05) is 19.6 Å². The van der Waals surface area contributed by atoms with Gasteiger partial charge in [-0.15, -0.1) is 0 Å². The van der Waals surface area contributed by atoms with Crippen molar-refractivity contribution in [2.45, 2.75) is 38.3 Å². The zero-order chi connectivity index (χ0) is 18.1. The zero-order valence-corrected chi connectivity index (χ0v) is 14.7. The molecule has 2 heterocycles. The van der Waals surface area contributed by atoms with Gasteiger partial charge in [0.1, 0.15) is 5.82 Å². The quantitative estimate of drug-likeness (QED) is 0.880. The van der Waals surface area contributed by atoms with Crippen LogP contribution < -0.4 is 10.9 Å². The van der Waals surface area contributed by atoms with Gasteiger partial charge in [-0.2, -0.15) is 0 Å². The average molecular weight is 358 g/mol. The number of benzene rings is 1. The van der Waals surface area contributed by atoms with E-state index in [9.17, 15) is 14.0 Å².